The first-order valence-electron chi connectivity index (χ1n) is 12.1. The minimum Gasteiger partial charge on any atom is -0.463 e. The molecule has 0 amide bonds. The van der Waals surface area contributed by atoms with Gasteiger partial charge in [0, 0.05) is 24.0 Å². The molecule has 1 aliphatic rings. The van der Waals surface area contributed by atoms with Crippen molar-refractivity contribution in [1.82, 2.24) is 10.2 Å². The number of ether oxygens (including phenoxy) is 3. The van der Waals surface area contributed by atoms with Gasteiger partial charge in [-0.2, -0.15) is 0 Å². The van der Waals surface area contributed by atoms with E-state index in [0.29, 0.717) is 40.2 Å². The van der Waals surface area contributed by atoms with Crippen molar-refractivity contribution in [2.45, 2.75) is 53.1 Å². The number of benzene rings is 1. The Morgan fingerprint density at radius 2 is 1.57 bits per heavy atom. The van der Waals surface area contributed by atoms with Crippen molar-refractivity contribution in [3.05, 3.63) is 64.0 Å². The Hall–Kier alpha value is -3.10. The average molecular weight is 535 g/mol. The van der Waals surface area contributed by atoms with Gasteiger partial charge in [0.05, 0.1) is 30.3 Å². The van der Waals surface area contributed by atoms with Crippen LogP contribution in [-0.2, 0) is 28.6 Å². The molecule has 9 heteroatoms. The molecule has 0 radical (unpaired) electrons. The summed E-state index contributed by atoms with van der Waals surface area (Å²) < 4.78 is 16.2. The predicted octanol–water partition coefficient (Wildman–Crippen LogP) is 4.37. The Labute approximate surface area is 226 Å². The Kier molecular flexibility index (Phi) is 12.1. The number of rotatable bonds is 9. The highest BCUT2D eigenvalue weighted by Crippen LogP contribution is 2.41. The SMILES string of the molecule is CCOC(=O)C1=C(C)NC(CN(C)C)=C(C(=O)OCC)[C@H]1c1ccccc1/C=C/C(=O)OC(C)(C)C.Cl. The number of nitrogens with zero attached hydrogens (tertiary/aromatic N) is 1. The molecule has 1 aromatic rings. The van der Waals surface area contributed by atoms with Crippen molar-refractivity contribution >= 4 is 36.4 Å². The lowest BCUT2D eigenvalue weighted by atomic mass is 9.78. The van der Waals surface area contributed by atoms with Crippen LogP contribution in [0.3, 0.4) is 0 Å². The molecule has 0 saturated carbocycles. The lowest BCUT2D eigenvalue weighted by Crippen LogP contribution is -2.37. The second-order valence-electron chi connectivity index (χ2n) is 9.66. The second-order valence-corrected chi connectivity index (χ2v) is 9.66. The van der Waals surface area contributed by atoms with Crippen molar-refractivity contribution in [3.63, 3.8) is 0 Å². The van der Waals surface area contributed by atoms with Gasteiger partial charge in [0.15, 0.2) is 0 Å². The standard InChI is InChI=1S/C28H38N2O6.ClH/c1-9-34-26(32)23-18(3)29-21(17-30(7)8)25(27(33)35-10-2)24(23)20-14-12-11-13-19(20)15-16-22(31)36-28(4,5)6;/h11-16,24,29H,9-10,17H2,1-8H3;1H/b16-15+;/t24-;/m0./s1. The molecule has 0 fully saturated rings. The monoisotopic (exact) mass is 534 g/mol. The third kappa shape index (κ3) is 8.76. The van der Waals surface area contributed by atoms with E-state index >= 15 is 0 Å². The molecule has 0 unspecified atom stereocenters. The maximum Gasteiger partial charge on any atom is 0.336 e. The number of allylic oxidation sites excluding steroid dienone is 1. The molecule has 1 atom stereocenters. The van der Waals surface area contributed by atoms with Gasteiger partial charge in [0.2, 0.25) is 0 Å². The van der Waals surface area contributed by atoms with Gasteiger partial charge in [-0.05, 0) is 72.8 Å². The lowest BCUT2D eigenvalue weighted by molar-refractivity contribution is -0.148. The van der Waals surface area contributed by atoms with Crippen LogP contribution in [-0.4, -0.2) is 62.3 Å². The Balaban J connectivity index is 0.00000684. The van der Waals surface area contributed by atoms with Gasteiger partial charge in [0.1, 0.15) is 5.60 Å². The lowest BCUT2D eigenvalue weighted by Gasteiger charge is -2.33. The molecule has 1 N–H and O–H groups in total. The van der Waals surface area contributed by atoms with Crippen LogP contribution >= 0.6 is 12.4 Å². The van der Waals surface area contributed by atoms with Crippen LogP contribution in [0.1, 0.15) is 58.6 Å². The maximum atomic E-state index is 13.3. The molecule has 37 heavy (non-hydrogen) atoms. The van der Waals surface area contributed by atoms with E-state index in [9.17, 15) is 14.4 Å². The van der Waals surface area contributed by atoms with E-state index in [0.717, 1.165) is 0 Å². The number of hydrogen-bond donors (Lipinski definition) is 1. The fourth-order valence-electron chi connectivity index (χ4n) is 4.00. The zero-order chi connectivity index (χ0) is 27.0. The van der Waals surface area contributed by atoms with E-state index in [4.69, 9.17) is 14.2 Å². The van der Waals surface area contributed by atoms with Crippen LogP contribution in [0.15, 0.2) is 52.9 Å². The number of likely N-dealkylation sites (N-methyl/N-ethyl adjacent to an activating group) is 1. The molecule has 1 aromatic carbocycles. The number of carbonyl (C=O) groups is 3. The molecule has 2 rings (SSSR count). The zero-order valence-electron chi connectivity index (χ0n) is 23.0. The Bertz CT molecular complexity index is 1080. The van der Waals surface area contributed by atoms with Gasteiger partial charge in [-0.15, -0.1) is 12.4 Å². The van der Waals surface area contributed by atoms with E-state index in [1.54, 1.807) is 47.6 Å². The van der Waals surface area contributed by atoms with Crippen LogP contribution in [0.4, 0.5) is 0 Å². The van der Waals surface area contributed by atoms with Crippen LogP contribution < -0.4 is 5.32 Å². The average Bonchev–Trinajstić information content (AvgIpc) is 2.76. The van der Waals surface area contributed by atoms with Gasteiger partial charge < -0.3 is 24.4 Å². The van der Waals surface area contributed by atoms with Gasteiger partial charge >= 0.3 is 17.9 Å². The van der Waals surface area contributed by atoms with Crippen molar-refractivity contribution in [3.8, 4) is 0 Å². The summed E-state index contributed by atoms with van der Waals surface area (Å²) in [6.07, 6.45) is 2.98. The summed E-state index contributed by atoms with van der Waals surface area (Å²) in [4.78, 5) is 40.8. The summed E-state index contributed by atoms with van der Waals surface area (Å²) in [7, 11) is 3.79. The molecular weight excluding hydrogens is 496 g/mol. The van der Waals surface area contributed by atoms with Crippen LogP contribution in [0.25, 0.3) is 6.08 Å². The fraction of sp³-hybridized carbons (Fsp3) is 0.464. The van der Waals surface area contributed by atoms with E-state index in [-0.39, 0.29) is 25.6 Å². The summed E-state index contributed by atoms with van der Waals surface area (Å²) in [5, 5.41) is 3.25. The van der Waals surface area contributed by atoms with Crippen molar-refractivity contribution < 1.29 is 28.6 Å². The van der Waals surface area contributed by atoms with Crippen LogP contribution in [0.2, 0.25) is 0 Å². The molecule has 0 aromatic heterocycles. The topological polar surface area (TPSA) is 94.2 Å². The molecule has 8 nitrogen and oxygen atoms in total. The fourth-order valence-corrected chi connectivity index (χ4v) is 4.00. The summed E-state index contributed by atoms with van der Waals surface area (Å²) in [5.74, 6) is -2.30. The Morgan fingerprint density at radius 3 is 2.11 bits per heavy atom. The minimum absolute atomic E-state index is 0. The largest absolute Gasteiger partial charge is 0.463 e. The van der Waals surface area contributed by atoms with Crippen LogP contribution in [0, 0.1) is 0 Å². The van der Waals surface area contributed by atoms with Gasteiger partial charge in [-0.25, -0.2) is 14.4 Å². The number of hydrogen-bond acceptors (Lipinski definition) is 8. The third-order valence-electron chi connectivity index (χ3n) is 5.22. The molecule has 204 valence electrons. The molecule has 1 heterocycles. The van der Waals surface area contributed by atoms with Crippen LogP contribution in [0.5, 0.6) is 0 Å². The number of nitrogens with one attached hydrogen (secondary N) is 1. The minimum atomic E-state index is -0.765. The van der Waals surface area contributed by atoms with E-state index < -0.39 is 29.4 Å². The number of carbonyl (C=O) groups excluding carboxylic acids is 3. The maximum absolute atomic E-state index is 13.3. The highest BCUT2D eigenvalue weighted by Gasteiger charge is 2.39. The molecule has 0 bridgehead atoms. The predicted molar refractivity (Wildman–Crippen MR) is 146 cm³/mol. The van der Waals surface area contributed by atoms with E-state index in [1.165, 1.54) is 6.08 Å². The van der Waals surface area contributed by atoms with E-state index in [2.05, 4.69) is 5.32 Å². The summed E-state index contributed by atoms with van der Waals surface area (Å²) in [6.45, 7) is 11.4. The molecule has 0 spiro atoms. The van der Waals surface area contributed by atoms with Crippen molar-refractivity contribution in [1.29, 1.82) is 0 Å². The summed E-state index contributed by atoms with van der Waals surface area (Å²) >= 11 is 0. The molecule has 0 aliphatic carbocycles. The first-order chi connectivity index (χ1) is 16.9. The normalized spacial score (nSPS) is 15.9. The first kappa shape index (κ1) is 31.9. The van der Waals surface area contributed by atoms with E-state index in [1.807, 2.05) is 43.3 Å². The molecule has 0 saturated heterocycles. The smallest absolute Gasteiger partial charge is 0.336 e. The summed E-state index contributed by atoms with van der Waals surface area (Å²) in [5.41, 5.74) is 2.58. The number of dihydropyridines is 1. The molecule has 1 aliphatic heterocycles. The highest BCUT2D eigenvalue weighted by atomic mass is 35.5. The van der Waals surface area contributed by atoms with Crippen molar-refractivity contribution in [2.75, 3.05) is 33.9 Å². The van der Waals surface area contributed by atoms with Gasteiger partial charge in [-0.3, -0.25) is 0 Å². The summed E-state index contributed by atoms with van der Waals surface area (Å²) in [6, 6.07) is 7.32. The van der Waals surface area contributed by atoms with Crippen molar-refractivity contribution in [2.24, 2.45) is 0 Å². The highest BCUT2D eigenvalue weighted by molar-refractivity contribution is 6.00. The third-order valence-corrected chi connectivity index (χ3v) is 5.22. The van der Waals surface area contributed by atoms with Gasteiger partial charge in [-0.1, -0.05) is 24.3 Å². The number of halogens is 1. The molecular formula is C28H39ClN2O6. The van der Waals surface area contributed by atoms with Gasteiger partial charge in [0.25, 0.3) is 0 Å². The number of esters is 3. The zero-order valence-corrected chi connectivity index (χ0v) is 23.8. The quantitative estimate of drug-likeness (QED) is 0.283. The first-order valence-corrected chi connectivity index (χ1v) is 12.1. The Morgan fingerprint density at radius 1 is 1.00 bits per heavy atom. The second kappa shape index (κ2) is 14.0.